The third-order valence-electron chi connectivity index (χ3n) is 5.58. The Labute approximate surface area is 172 Å². The number of pyridine rings is 1. The third kappa shape index (κ3) is 2.83. The molecule has 2 bridgehead atoms. The molecule has 5 rings (SSSR count). The van der Waals surface area contributed by atoms with Gasteiger partial charge in [0, 0.05) is 54.5 Å². The topological polar surface area (TPSA) is 83.8 Å². The van der Waals surface area contributed by atoms with Crippen molar-refractivity contribution >= 4 is 5.82 Å². The number of benzene rings is 1. The van der Waals surface area contributed by atoms with E-state index in [1.165, 1.54) is 12.1 Å². The van der Waals surface area contributed by atoms with E-state index in [0.29, 0.717) is 12.2 Å². The predicted octanol–water partition coefficient (Wildman–Crippen LogP) is 3.65. The molecule has 30 heavy (non-hydrogen) atoms. The van der Waals surface area contributed by atoms with Gasteiger partial charge in [0.2, 0.25) is 0 Å². The molecular formula is C22H21FN6O. The average Bonchev–Trinajstić information content (AvgIpc) is 3.25. The highest BCUT2D eigenvalue weighted by molar-refractivity contribution is 5.72. The molecule has 1 atom stereocenters. The first kappa shape index (κ1) is 18.4. The number of fused-ring (bicyclic) bond motifs is 7. The van der Waals surface area contributed by atoms with Gasteiger partial charge in [0.25, 0.3) is 0 Å². The Kier molecular flexibility index (Phi) is 4.09. The van der Waals surface area contributed by atoms with E-state index in [1.54, 1.807) is 12.3 Å². The highest BCUT2D eigenvalue weighted by Crippen LogP contribution is 2.38. The molecule has 152 valence electrons. The van der Waals surface area contributed by atoms with Crippen molar-refractivity contribution in [3.63, 3.8) is 0 Å². The SMILES string of the molecule is CC1Oc2cc(cnc2N)-c2c(cnn2C)Cc2cnn(C)c2-c2ccc(F)cc21. The van der Waals surface area contributed by atoms with Crippen LogP contribution in [0.5, 0.6) is 5.75 Å². The standard InChI is InChI=1S/C22H21FN6O/c1-12-18-8-16(23)4-5-17(18)21-14(11-27-29(21)3)6-13-10-26-28(2)20(13)15-7-19(30-12)22(24)25-9-15/h4-5,7-12H,6H2,1-3H3,(H2,24,25). The van der Waals surface area contributed by atoms with E-state index in [2.05, 4.69) is 15.2 Å². The third-order valence-corrected chi connectivity index (χ3v) is 5.58. The fourth-order valence-electron chi connectivity index (χ4n) is 4.17. The molecule has 8 heteroatoms. The molecule has 0 radical (unpaired) electrons. The van der Waals surface area contributed by atoms with Gasteiger partial charge in [0.1, 0.15) is 11.9 Å². The van der Waals surface area contributed by atoms with Crippen molar-refractivity contribution in [2.24, 2.45) is 14.1 Å². The van der Waals surface area contributed by atoms with Gasteiger partial charge in [-0.2, -0.15) is 10.2 Å². The first-order valence-corrected chi connectivity index (χ1v) is 9.66. The summed E-state index contributed by atoms with van der Waals surface area (Å²) in [5.41, 5.74) is 12.5. The Bertz CT molecular complexity index is 1270. The maximum atomic E-state index is 14.2. The molecule has 1 aliphatic rings. The van der Waals surface area contributed by atoms with Crippen LogP contribution in [0.3, 0.4) is 0 Å². The number of nitrogens with zero attached hydrogens (tertiary/aromatic N) is 5. The highest BCUT2D eigenvalue weighted by atomic mass is 19.1. The molecule has 2 N–H and O–H groups in total. The normalized spacial score (nSPS) is 15.3. The Morgan fingerprint density at radius 2 is 1.73 bits per heavy atom. The molecule has 0 aliphatic carbocycles. The molecule has 3 aromatic heterocycles. The number of hydrogen-bond donors (Lipinski definition) is 1. The van der Waals surface area contributed by atoms with Crippen LogP contribution in [0, 0.1) is 5.82 Å². The molecule has 4 aromatic rings. The van der Waals surface area contributed by atoms with Crippen LogP contribution in [-0.2, 0) is 20.5 Å². The summed E-state index contributed by atoms with van der Waals surface area (Å²) < 4.78 is 24.0. The van der Waals surface area contributed by atoms with Crippen molar-refractivity contribution in [3.8, 4) is 28.3 Å². The molecule has 7 nitrogen and oxygen atoms in total. The van der Waals surface area contributed by atoms with Crippen molar-refractivity contribution in [2.45, 2.75) is 19.4 Å². The maximum Gasteiger partial charge on any atom is 0.166 e. The first-order chi connectivity index (χ1) is 14.4. The molecule has 1 aromatic carbocycles. The molecule has 0 spiro atoms. The van der Waals surface area contributed by atoms with Crippen LogP contribution in [0.4, 0.5) is 10.2 Å². The lowest BCUT2D eigenvalue weighted by molar-refractivity contribution is 0.227. The molecule has 0 amide bonds. The number of halogens is 1. The minimum atomic E-state index is -0.455. The number of ether oxygens (including phenoxy) is 1. The monoisotopic (exact) mass is 404 g/mol. The second-order valence-corrected chi connectivity index (χ2v) is 7.56. The molecular weight excluding hydrogens is 383 g/mol. The molecule has 1 aliphatic heterocycles. The quantitative estimate of drug-likeness (QED) is 0.484. The van der Waals surface area contributed by atoms with Gasteiger partial charge in [-0.1, -0.05) is 0 Å². The van der Waals surface area contributed by atoms with Gasteiger partial charge in [0.05, 0.1) is 23.8 Å². The van der Waals surface area contributed by atoms with Gasteiger partial charge in [-0.25, -0.2) is 9.37 Å². The molecule has 0 saturated carbocycles. The summed E-state index contributed by atoms with van der Waals surface area (Å²) in [5, 5.41) is 8.93. The molecule has 4 heterocycles. The van der Waals surface area contributed by atoms with Crippen LogP contribution in [-0.4, -0.2) is 24.5 Å². The molecule has 0 fully saturated rings. The zero-order valence-electron chi connectivity index (χ0n) is 16.9. The Morgan fingerprint density at radius 3 is 2.50 bits per heavy atom. The van der Waals surface area contributed by atoms with E-state index in [-0.39, 0.29) is 11.6 Å². The van der Waals surface area contributed by atoms with Crippen LogP contribution in [0.25, 0.3) is 22.5 Å². The zero-order valence-corrected chi connectivity index (χ0v) is 16.9. The Balaban J connectivity index is 1.82. The maximum absolute atomic E-state index is 14.2. The number of hydrogen-bond acceptors (Lipinski definition) is 5. The highest BCUT2D eigenvalue weighted by Gasteiger charge is 2.24. The average molecular weight is 404 g/mol. The van der Waals surface area contributed by atoms with E-state index < -0.39 is 6.10 Å². The van der Waals surface area contributed by atoms with Crippen molar-refractivity contribution in [2.75, 3.05) is 5.73 Å². The Hall–Kier alpha value is -3.68. The van der Waals surface area contributed by atoms with Crippen molar-refractivity contribution < 1.29 is 9.13 Å². The second kappa shape index (κ2) is 6.69. The summed E-state index contributed by atoms with van der Waals surface area (Å²) in [5.74, 6) is 0.410. The van der Waals surface area contributed by atoms with Crippen LogP contribution in [0.1, 0.15) is 29.7 Å². The summed E-state index contributed by atoms with van der Waals surface area (Å²) >= 11 is 0. The number of aryl methyl sites for hydroxylation is 2. The summed E-state index contributed by atoms with van der Waals surface area (Å²) in [6.07, 6.45) is 5.59. The number of anilines is 1. The van der Waals surface area contributed by atoms with Crippen molar-refractivity contribution in [1.82, 2.24) is 24.5 Å². The van der Waals surface area contributed by atoms with Gasteiger partial charge >= 0.3 is 0 Å². The lowest BCUT2D eigenvalue weighted by Crippen LogP contribution is -2.10. The smallest absolute Gasteiger partial charge is 0.166 e. The van der Waals surface area contributed by atoms with Crippen molar-refractivity contribution in [1.29, 1.82) is 0 Å². The van der Waals surface area contributed by atoms with E-state index in [4.69, 9.17) is 10.5 Å². The Morgan fingerprint density at radius 1 is 1.03 bits per heavy atom. The van der Waals surface area contributed by atoms with Crippen LogP contribution in [0.15, 0.2) is 42.9 Å². The van der Waals surface area contributed by atoms with Gasteiger partial charge in [-0.3, -0.25) is 9.36 Å². The summed E-state index contributed by atoms with van der Waals surface area (Å²) in [6.45, 7) is 1.88. The number of nitrogens with two attached hydrogens (primary N) is 1. The first-order valence-electron chi connectivity index (χ1n) is 9.66. The zero-order chi connectivity index (χ0) is 21.0. The number of aromatic nitrogens is 5. The van der Waals surface area contributed by atoms with E-state index >= 15 is 0 Å². The van der Waals surface area contributed by atoms with E-state index in [9.17, 15) is 4.39 Å². The van der Waals surface area contributed by atoms with Gasteiger partial charge < -0.3 is 10.5 Å². The number of nitrogen functional groups attached to an aromatic ring is 1. The molecule has 1 unspecified atom stereocenters. The van der Waals surface area contributed by atoms with E-state index in [0.717, 1.165) is 39.2 Å². The minimum Gasteiger partial charge on any atom is -0.482 e. The fraction of sp³-hybridized carbons (Fsp3) is 0.227. The molecule has 0 saturated heterocycles. The summed E-state index contributed by atoms with van der Waals surface area (Å²) in [4.78, 5) is 4.33. The van der Waals surface area contributed by atoms with Crippen molar-refractivity contribution in [3.05, 3.63) is 65.4 Å². The largest absolute Gasteiger partial charge is 0.482 e. The summed E-state index contributed by atoms with van der Waals surface area (Å²) in [7, 11) is 3.78. The van der Waals surface area contributed by atoms with Crippen LogP contribution >= 0.6 is 0 Å². The van der Waals surface area contributed by atoms with Crippen LogP contribution in [0.2, 0.25) is 0 Å². The van der Waals surface area contributed by atoms with Crippen LogP contribution < -0.4 is 10.5 Å². The fourth-order valence-corrected chi connectivity index (χ4v) is 4.17. The van der Waals surface area contributed by atoms with Gasteiger partial charge in [-0.05, 0) is 31.2 Å². The minimum absolute atomic E-state index is 0.283. The predicted molar refractivity (Wildman–Crippen MR) is 111 cm³/mol. The lowest BCUT2D eigenvalue weighted by Gasteiger charge is -2.21. The van der Waals surface area contributed by atoms with Gasteiger partial charge in [-0.15, -0.1) is 0 Å². The summed E-state index contributed by atoms with van der Waals surface area (Å²) in [6, 6.07) is 6.61. The van der Waals surface area contributed by atoms with Gasteiger partial charge in [0.15, 0.2) is 11.6 Å². The second-order valence-electron chi connectivity index (χ2n) is 7.56. The lowest BCUT2D eigenvalue weighted by atomic mass is 9.94. The van der Waals surface area contributed by atoms with E-state index in [1.807, 2.05) is 48.8 Å². The number of rotatable bonds is 0.